The summed E-state index contributed by atoms with van der Waals surface area (Å²) in [7, 11) is 0. The van der Waals surface area contributed by atoms with E-state index in [1.807, 2.05) is 6.92 Å². The van der Waals surface area contributed by atoms with Gasteiger partial charge in [0.25, 0.3) is 0 Å². The first-order valence-corrected chi connectivity index (χ1v) is 7.38. The smallest absolute Gasteiger partial charge is 0.226 e. The highest BCUT2D eigenvalue weighted by Crippen LogP contribution is 2.21. The van der Waals surface area contributed by atoms with Crippen LogP contribution in [0.3, 0.4) is 0 Å². The van der Waals surface area contributed by atoms with Crippen molar-refractivity contribution >= 4 is 5.91 Å². The molecule has 2 atom stereocenters. The van der Waals surface area contributed by atoms with Gasteiger partial charge >= 0.3 is 0 Å². The maximum Gasteiger partial charge on any atom is 0.226 e. The van der Waals surface area contributed by atoms with E-state index in [0.717, 1.165) is 58.7 Å². The third kappa shape index (κ3) is 3.69. The number of carbonyl (C=O) groups is 1. The number of amides is 1. The largest absolute Gasteiger partial charge is 0.381 e. The summed E-state index contributed by atoms with van der Waals surface area (Å²) in [6, 6.07) is 0. The van der Waals surface area contributed by atoms with Gasteiger partial charge in [-0.2, -0.15) is 0 Å². The molecule has 2 saturated heterocycles. The molecule has 0 aromatic heterocycles. The molecule has 4 heteroatoms. The molecule has 104 valence electrons. The van der Waals surface area contributed by atoms with Crippen molar-refractivity contribution < 1.29 is 9.53 Å². The molecular weight excluding hydrogens is 228 g/mol. The number of hydrogen-bond donors (Lipinski definition) is 1. The molecule has 0 aromatic carbocycles. The van der Waals surface area contributed by atoms with E-state index in [0.29, 0.717) is 11.8 Å². The zero-order valence-electron chi connectivity index (χ0n) is 11.5. The molecule has 2 heterocycles. The van der Waals surface area contributed by atoms with Crippen LogP contribution in [0.1, 0.15) is 32.6 Å². The lowest BCUT2D eigenvalue weighted by Gasteiger charge is -2.35. The molecule has 2 fully saturated rings. The van der Waals surface area contributed by atoms with Crippen molar-refractivity contribution in [3.8, 4) is 0 Å². The van der Waals surface area contributed by atoms with Gasteiger partial charge in [-0.05, 0) is 45.1 Å². The van der Waals surface area contributed by atoms with Gasteiger partial charge in [-0.3, -0.25) is 4.79 Å². The maximum absolute atomic E-state index is 12.4. The first-order chi connectivity index (χ1) is 8.81. The minimum atomic E-state index is 0.213. The van der Waals surface area contributed by atoms with Gasteiger partial charge in [-0.1, -0.05) is 0 Å². The zero-order valence-corrected chi connectivity index (χ0v) is 11.5. The Hall–Kier alpha value is -0.610. The number of piperidine rings is 2. The van der Waals surface area contributed by atoms with Crippen LogP contribution in [-0.2, 0) is 9.53 Å². The number of carbonyl (C=O) groups excluding carboxylic acids is 1. The van der Waals surface area contributed by atoms with E-state index < -0.39 is 0 Å². The molecule has 2 aliphatic rings. The lowest BCUT2D eigenvalue weighted by molar-refractivity contribution is -0.138. The summed E-state index contributed by atoms with van der Waals surface area (Å²) < 4.78 is 5.50. The fourth-order valence-corrected chi connectivity index (χ4v) is 3.01. The van der Waals surface area contributed by atoms with Crippen molar-refractivity contribution in [2.45, 2.75) is 32.6 Å². The Bertz CT molecular complexity index is 265. The average molecular weight is 254 g/mol. The van der Waals surface area contributed by atoms with Crippen LogP contribution in [0.25, 0.3) is 0 Å². The van der Waals surface area contributed by atoms with Crippen LogP contribution in [0.4, 0.5) is 0 Å². The number of hydrogen-bond acceptors (Lipinski definition) is 3. The monoisotopic (exact) mass is 254 g/mol. The second-order valence-corrected chi connectivity index (χ2v) is 5.50. The second-order valence-electron chi connectivity index (χ2n) is 5.50. The Morgan fingerprint density at radius 3 is 3.00 bits per heavy atom. The molecule has 0 aromatic rings. The van der Waals surface area contributed by atoms with E-state index in [1.165, 1.54) is 6.42 Å². The van der Waals surface area contributed by atoms with Crippen LogP contribution in [0, 0.1) is 11.8 Å². The molecule has 2 rings (SSSR count). The van der Waals surface area contributed by atoms with Crippen LogP contribution in [0.2, 0.25) is 0 Å². The number of nitrogens with zero attached hydrogens (tertiary/aromatic N) is 1. The van der Waals surface area contributed by atoms with Crippen molar-refractivity contribution in [1.29, 1.82) is 0 Å². The van der Waals surface area contributed by atoms with Crippen LogP contribution in [0.5, 0.6) is 0 Å². The third-order valence-electron chi connectivity index (χ3n) is 4.03. The third-order valence-corrected chi connectivity index (χ3v) is 4.03. The van der Waals surface area contributed by atoms with Crippen molar-refractivity contribution in [3.05, 3.63) is 0 Å². The van der Waals surface area contributed by atoms with E-state index >= 15 is 0 Å². The minimum absolute atomic E-state index is 0.213. The number of nitrogens with one attached hydrogen (secondary N) is 1. The van der Waals surface area contributed by atoms with E-state index in [4.69, 9.17) is 4.74 Å². The van der Waals surface area contributed by atoms with Crippen molar-refractivity contribution in [2.75, 3.05) is 39.4 Å². The quantitative estimate of drug-likeness (QED) is 0.821. The normalized spacial score (nSPS) is 29.3. The van der Waals surface area contributed by atoms with Gasteiger partial charge in [-0.25, -0.2) is 0 Å². The second kappa shape index (κ2) is 7.10. The van der Waals surface area contributed by atoms with Gasteiger partial charge in [0.05, 0.1) is 12.5 Å². The summed E-state index contributed by atoms with van der Waals surface area (Å²) in [6.07, 6.45) is 4.52. The van der Waals surface area contributed by atoms with E-state index in [2.05, 4.69) is 10.2 Å². The lowest BCUT2D eigenvalue weighted by atomic mass is 9.94. The standard InChI is InChI=1S/C14H26N2O2/c1-2-18-11-12-5-4-8-16(10-12)14(17)13-6-3-7-15-9-13/h12-13,15H,2-11H2,1H3. The molecule has 0 aliphatic carbocycles. The van der Waals surface area contributed by atoms with Crippen molar-refractivity contribution in [1.82, 2.24) is 10.2 Å². The van der Waals surface area contributed by atoms with Gasteiger partial charge in [0, 0.05) is 26.2 Å². The van der Waals surface area contributed by atoms with E-state index in [-0.39, 0.29) is 5.92 Å². The molecule has 0 saturated carbocycles. The molecule has 2 unspecified atom stereocenters. The van der Waals surface area contributed by atoms with E-state index in [9.17, 15) is 4.79 Å². The summed E-state index contributed by atoms with van der Waals surface area (Å²) in [5.74, 6) is 1.12. The van der Waals surface area contributed by atoms with Crippen LogP contribution in [0.15, 0.2) is 0 Å². The maximum atomic E-state index is 12.4. The summed E-state index contributed by atoms with van der Waals surface area (Å²) in [5, 5.41) is 3.33. The number of likely N-dealkylation sites (tertiary alicyclic amines) is 1. The van der Waals surface area contributed by atoms with Crippen molar-refractivity contribution in [3.63, 3.8) is 0 Å². The van der Waals surface area contributed by atoms with Gasteiger partial charge in [-0.15, -0.1) is 0 Å². The van der Waals surface area contributed by atoms with Gasteiger partial charge in [0.15, 0.2) is 0 Å². The Balaban J connectivity index is 1.81. The minimum Gasteiger partial charge on any atom is -0.381 e. The Morgan fingerprint density at radius 1 is 1.39 bits per heavy atom. The van der Waals surface area contributed by atoms with Crippen molar-refractivity contribution in [2.24, 2.45) is 11.8 Å². The number of ether oxygens (including phenoxy) is 1. The summed E-state index contributed by atoms with van der Waals surface area (Å²) >= 11 is 0. The molecular formula is C14H26N2O2. The molecule has 2 aliphatic heterocycles. The number of rotatable bonds is 4. The average Bonchev–Trinajstić information content (AvgIpc) is 2.45. The molecule has 0 bridgehead atoms. The predicted octanol–water partition coefficient (Wildman–Crippen LogP) is 1.26. The van der Waals surface area contributed by atoms with Crippen LogP contribution in [-0.4, -0.2) is 50.2 Å². The van der Waals surface area contributed by atoms with E-state index in [1.54, 1.807) is 0 Å². The van der Waals surface area contributed by atoms with Gasteiger partial charge in [0.1, 0.15) is 0 Å². The molecule has 1 N–H and O–H groups in total. The lowest BCUT2D eigenvalue weighted by Crippen LogP contribution is -2.47. The summed E-state index contributed by atoms with van der Waals surface area (Å²) in [6.45, 7) is 7.38. The molecule has 18 heavy (non-hydrogen) atoms. The fraction of sp³-hybridized carbons (Fsp3) is 0.929. The highest BCUT2D eigenvalue weighted by Gasteiger charge is 2.29. The molecule has 4 nitrogen and oxygen atoms in total. The first kappa shape index (κ1) is 13.8. The molecule has 0 radical (unpaired) electrons. The topological polar surface area (TPSA) is 41.6 Å². The highest BCUT2D eigenvalue weighted by molar-refractivity contribution is 5.79. The van der Waals surface area contributed by atoms with Gasteiger partial charge < -0.3 is 15.0 Å². The van der Waals surface area contributed by atoms with Gasteiger partial charge in [0.2, 0.25) is 5.91 Å². The van der Waals surface area contributed by atoms with Crippen LogP contribution >= 0.6 is 0 Å². The Labute approximate surface area is 110 Å². The van der Waals surface area contributed by atoms with Crippen LogP contribution < -0.4 is 5.32 Å². The Morgan fingerprint density at radius 2 is 2.28 bits per heavy atom. The summed E-state index contributed by atoms with van der Waals surface area (Å²) in [5.41, 5.74) is 0. The SMILES string of the molecule is CCOCC1CCCN(C(=O)C2CCCNC2)C1. The molecule has 1 amide bonds. The molecule has 0 spiro atoms. The zero-order chi connectivity index (χ0) is 12.8. The fourth-order valence-electron chi connectivity index (χ4n) is 3.01. The summed E-state index contributed by atoms with van der Waals surface area (Å²) in [4.78, 5) is 14.5. The predicted molar refractivity (Wildman–Crippen MR) is 71.4 cm³/mol. The Kier molecular flexibility index (Phi) is 5.45. The first-order valence-electron chi connectivity index (χ1n) is 7.38. The highest BCUT2D eigenvalue weighted by atomic mass is 16.5.